The van der Waals surface area contributed by atoms with Crippen molar-refractivity contribution in [2.75, 3.05) is 18.4 Å². The van der Waals surface area contributed by atoms with Crippen LogP contribution in [-0.2, 0) is 9.59 Å². The van der Waals surface area contributed by atoms with Gasteiger partial charge in [0.25, 0.3) is 0 Å². The standard InChI is InChI=1S/C12H13ClN2O2/c13-9-4-1-2-5-10(9)14-11(16)8-15-7-3-6-12(15)17/h1-2,4-5H,3,6-8H2,(H,14,16). The molecular formula is C12H13ClN2O2. The zero-order chi connectivity index (χ0) is 12.3. The second-order valence-corrected chi connectivity index (χ2v) is 4.35. The fraction of sp³-hybridized carbons (Fsp3) is 0.333. The SMILES string of the molecule is O=C(CN1CCCC1=O)Nc1ccccc1Cl. The maximum Gasteiger partial charge on any atom is 0.244 e. The molecule has 0 spiro atoms. The molecule has 0 atom stereocenters. The summed E-state index contributed by atoms with van der Waals surface area (Å²) in [5, 5.41) is 3.19. The Morgan fingerprint density at radius 1 is 1.41 bits per heavy atom. The van der Waals surface area contributed by atoms with Gasteiger partial charge in [-0.15, -0.1) is 0 Å². The van der Waals surface area contributed by atoms with E-state index in [0.29, 0.717) is 23.7 Å². The Balaban J connectivity index is 1.93. The van der Waals surface area contributed by atoms with Crippen molar-refractivity contribution >= 4 is 29.1 Å². The molecule has 4 nitrogen and oxygen atoms in total. The second-order valence-electron chi connectivity index (χ2n) is 3.95. The van der Waals surface area contributed by atoms with Crippen LogP contribution in [-0.4, -0.2) is 29.8 Å². The number of nitrogens with zero attached hydrogens (tertiary/aromatic N) is 1. The molecule has 2 amide bonds. The topological polar surface area (TPSA) is 49.4 Å². The van der Waals surface area contributed by atoms with Gasteiger partial charge in [-0.3, -0.25) is 9.59 Å². The summed E-state index contributed by atoms with van der Waals surface area (Å²) in [6.45, 7) is 0.763. The fourth-order valence-electron chi connectivity index (χ4n) is 1.80. The highest BCUT2D eigenvalue weighted by molar-refractivity contribution is 6.33. The van der Waals surface area contributed by atoms with Gasteiger partial charge in [0.1, 0.15) is 0 Å². The number of anilines is 1. The average molecular weight is 253 g/mol. The van der Waals surface area contributed by atoms with Crippen LogP contribution in [0, 0.1) is 0 Å². The van der Waals surface area contributed by atoms with Gasteiger partial charge in [0.2, 0.25) is 11.8 Å². The van der Waals surface area contributed by atoms with Crippen LogP contribution < -0.4 is 5.32 Å². The number of hydrogen-bond donors (Lipinski definition) is 1. The summed E-state index contributed by atoms with van der Waals surface area (Å²) in [4.78, 5) is 24.6. The average Bonchev–Trinajstić information content (AvgIpc) is 2.68. The van der Waals surface area contributed by atoms with Crippen molar-refractivity contribution < 1.29 is 9.59 Å². The minimum Gasteiger partial charge on any atom is -0.333 e. The lowest BCUT2D eigenvalue weighted by Gasteiger charge is -2.15. The maximum absolute atomic E-state index is 11.7. The quantitative estimate of drug-likeness (QED) is 0.893. The highest BCUT2D eigenvalue weighted by Crippen LogP contribution is 2.20. The number of amides is 2. The van der Waals surface area contributed by atoms with Crippen LogP contribution in [0.3, 0.4) is 0 Å². The molecule has 0 radical (unpaired) electrons. The van der Waals surface area contributed by atoms with Crippen LogP contribution in [0.25, 0.3) is 0 Å². The molecule has 2 rings (SSSR count). The van der Waals surface area contributed by atoms with Gasteiger partial charge in [-0.2, -0.15) is 0 Å². The second kappa shape index (κ2) is 5.19. The van der Waals surface area contributed by atoms with Crippen LogP contribution in [0.2, 0.25) is 5.02 Å². The molecule has 0 saturated carbocycles. The maximum atomic E-state index is 11.7. The van der Waals surface area contributed by atoms with Crippen LogP contribution in [0.15, 0.2) is 24.3 Å². The third-order valence-electron chi connectivity index (χ3n) is 2.65. The molecule has 0 bridgehead atoms. The monoisotopic (exact) mass is 252 g/mol. The number of likely N-dealkylation sites (tertiary alicyclic amines) is 1. The van der Waals surface area contributed by atoms with Crippen molar-refractivity contribution in [3.8, 4) is 0 Å². The van der Waals surface area contributed by atoms with Crippen molar-refractivity contribution in [2.45, 2.75) is 12.8 Å². The summed E-state index contributed by atoms with van der Waals surface area (Å²) in [6.07, 6.45) is 1.37. The molecule has 1 aliphatic rings. The molecule has 1 aliphatic heterocycles. The molecule has 5 heteroatoms. The van der Waals surface area contributed by atoms with Crippen molar-refractivity contribution in [2.24, 2.45) is 0 Å². The summed E-state index contributed by atoms with van der Waals surface area (Å²) in [6, 6.07) is 7.02. The van der Waals surface area contributed by atoms with E-state index in [0.717, 1.165) is 6.42 Å². The Bertz CT molecular complexity index is 448. The zero-order valence-corrected chi connectivity index (χ0v) is 10.0. The third-order valence-corrected chi connectivity index (χ3v) is 2.98. The molecule has 1 heterocycles. The first kappa shape index (κ1) is 11.9. The third kappa shape index (κ3) is 2.97. The number of halogens is 1. The van der Waals surface area contributed by atoms with E-state index in [9.17, 15) is 9.59 Å². The Kier molecular flexibility index (Phi) is 3.64. The lowest BCUT2D eigenvalue weighted by atomic mass is 10.3. The number of nitrogens with one attached hydrogen (secondary N) is 1. The van der Waals surface area contributed by atoms with Crippen LogP contribution in [0.1, 0.15) is 12.8 Å². The number of carbonyl (C=O) groups is 2. The lowest BCUT2D eigenvalue weighted by molar-refractivity contribution is -0.131. The number of hydrogen-bond acceptors (Lipinski definition) is 2. The molecule has 1 aromatic carbocycles. The number of benzene rings is 1. The Morgan fingerprint density at radius 2 is 2.18 bits per heavy atom. The smallest absolute Gasteiger partial charge is 0.244 e. The van der Waals surface area contributed by atoms with E-state index in [4.69, 9.17) is 11.6 Å². The van der Waals surface area contributed by atoms with Crippen LogP contribution >= 0.6 is 11.6 Å². The van der Waals surface area contributed by atoms with E-state index < -0.39 is 0 Å². The van der Waals surface area contributed by atoms with Crippen molar-refractivity contribution in [3.05, 3.63) is 29.3 Å². The molecule has 90 valence electrons. The molecule has 1 aromatic rings. The molecule has 17 heavy (non-hydrogen) atoms. The van der Waals surface area contributed by atoms with E-state index >= 15 is 0 Å². The largest absolute Gasteiger partial charge is 0.333 e. The lowest BCUT2D eigenvalue weighted by Crippen LogP contribution is -2.33. The van der Waals surface area contributed by atoms with Gasteiger partial charge >= 0.3 is 0 Å². The number of rotatable bonds is 3. The molecule has 0 unspecified atom stereocenters. The van der Waals surface area contributed by atoms with Crippen molar-refractivity contribution in [1.82, 2.24) is 4.90 Å². The Labute approximate surface area is 105 Å². The molecule has 1 saturated heterocycles. The molecule has 0 aromatic heterocycles. The zero-order valence-electron chi connectivity index (χ0n) is 9.28. The summed E-state index contributed by atoms with van der Waals surface area (Å²) >= 11 is 5.92. The Morgan fingerprint density at radius 3 is 2.82 bits per heavy atom. The Hall–Kier alpha value is -1.55. The summed E-state index contributed by atoms with van der Waals surface area (Å²) in [7, 11) is 0. The van der Waals surface area contributed by atoms with Crippen LogP contribution in [0.4, 0.5) is 5.69 Å². The summed E-state index contributed by atoms with van der Waals surface area (Å²) < 4.78 is 0. The minimum atomic E-state index is -0.214. The minimum absolute atomic E-state index is 0.0410. The van der Waals surface area contributed by atoms with Gasteiger partial charge in [0.05, 0.1) is 17.3 Å². The van der Waals surface area contributed by atoms with E-state index in [1.165, 1.54) is 0 Å². The highest BCUT2D eigenvalue weighted by Gasteiger charge is 2.22. The van der Waals surface area contributed by atoms with Crippen LogP contribution in [0.5, 0.6) is 0 Å². The molecule has 1 N–H and O–H groups in total. The molecule has 0 aliphatic carbocycles. The van der Waals surface area contributed by atoms with Crippen molar-refractivity contribution in [3.63, 3.8) is 0 Å². The molecular weight excluding hydrogens is 240 g/mol. The van der Waals surface area contributed by atoms with E-state index in [-0.39, 0.29) is 18.4 Å². The van der Waals surface area contributed by atoms with Gasteiger partial charge in [-0.05, 0) is 18.6 Å². The van der Waals surface area contributed by atoms with E-state index in [2.05, 4.69) is 5.32 Å². The normalized spacial score (nSPS) is 15.1. The predicted octanol–water partition coefficient (Wildman–Crippen LogP) is 1.90. The highest BCUT2D eigenvalue weighted by atomic mass is 35.5. The van der Waals surface area contributed by atoms with E-state index in [1.807, 2.05) is 0 Å². The van der Waals surface area contributed by atoms with Gasteiger partial charge in [0.15, 0.2) is 0 Å². The van der Waals surface area contributed by atoms with Crippen molar-refractivity contribution in [1.29, 1.82) is 0 Å². The molecule has 1 fully saturated rings. The summed E-state index contributed by atoms with van der Waals surface area (Å²) in [5.74, 6) is -0.173. The first-order chi connectivity index (χ1) is 8.16. The van der Waals surface area contributed by atoms with Gasteiger partial charge in [0, 0.05) is 13.0 Å². The van der Waals surface area contributed by atoms with E-state index in [1.54, 1.807) is 29.2 Å². The first-order valence-electron chi connectivity index (χ1n) is 5.49. The predicted molar refractivity (Wildman–Crippen MR) is 65.9 cm³/mol. The summed E-state index contributed by atoms with van der Waals surface area (Å²) in [5.41, 5.74) is 0.575. The number of para-hydroxylation sites is 1. The number of carbonyl (C=O) groups excluding carboxylic acids is 2. The van der Waals surface area contributed by atoms with Gasteiger partial charge in [-0.25, -0.2) is 0 Å². The fourth-order valence-corrected chi connectivity index (χ4v) is 1.98. The van der Waals surface area contributed by atoms with Gasteiger partial charge in [-0.1, -0.05) is 23.7 Å². The van der Waals surface area contributed by atoms with Gasteiger partial charge < -0.3 is 10.2 Å². The first-order valence-corrected chi connectivity index (χ1v) is 5.87.